The molecule has 1 aliphatic heterocycles. The molecule has 88 valence electrons. The van der Waals surface area contributed by atoms with Gasteiger partial charge in [-0.05, 0) is 12.8 Å². The van der Waals surface area contributed by atoms with Crippen LogP contribution < -0.4 is 5.73 Å². The lowest BCUT2D eigenvalue weighted by molar-refractivity contribution is -0.368. The van der Waals surface area contributed by atoms with Crippen LogP contribution in [0.2, 0.25) is 0 Å². The number of aliphatic hydroxyl groups is 1. The molecule has 5 heteroatoms. The minimum atomic E-state index is -0.185. The Morgan fingerprint density at radius 3 is 2.80 bits per heavy atom. The second kappa shape index (κ2) is 6.76. The van der Waals surface area contributed by atoms with Gasteiger partial charge in [-0.1, -0.05) is 0 Å². The summed E-state index contributed by atoms with van der Waals surface area (Å²) >= 11 is 0. The summed E-state index contributed by atoms with van der Waals surface area (Å²) < 4.78 is 10.5. The van der Waals surface area contributed by atoms with Crippen molar-refractivity contribution in [3.05, 3.63) is 0 Å². The van der Waals surface area contributed by atoms with Crippen LogP contribution in [0.25, 0.3) is 0 Å². The van der Waals surface area contributed by atoms with E-state index in [2.05, 4.69) is 5.73 Å². The first-order chi connectivity index (χ1) is 7.26. The molecule has 2 atom stereocenters. The van der Waals surface area contributed by atoms with Gasteiger partial charge in [0.15, 0.2) is 0 Å². The predicted octanol–water partition coefficient (Wildman–Crippen LogP) is -0.908. The first-order valence-electron chi connectivity index (χ1n) is 5.47. The topological polar surface area (TPSA) is 83.4 Å². The number of rotatable bonds is 6. The minimum absolute atomic E-state index is 0.0362. The molecule has 0 aromatic carbocycles. The van der Waals surface area contributed by atoms with E-state index in [1.807, 2.05) is 0 Å². The van der Waals surface area contributed by atoms with Crippen LogP contribution in [0, 0.1) is 0 Å². The molecule has 0 amide bonds. The second-order valence-corrected chi connectivity index (χ2v) is 3.78. The smallest absolute Gasteiger partial charge is 0.306 e. The molecule has 0 bridgehead atoms. The van der Waals surface area contributed by atoms with Gasteiger partial charge in [0, 0.05) is 6.42 Å². The summed E-state index contributed by atoms with van der Waals surface area (Å²) in [5.41, 5.74) is 3.66. The molecule has 0 saturated carbocycles. The molecule has 0 aromatic rings. The highest BCUT2D eigenvalue weighted by molar-refractivity contribution is 5.69. The van der Waals surface area contributed by atoms with E-state index in [1.165, 1.54) is 0 Å². The van der Waals surface area contributed by atoms with Crippen LogP contribution in [0.1, 0.15) is 25.7 Å². The molecule has 0 unspecified atom stereocenters. The minimum Gasteiger partial charge on any atom is -0.463 e. The van der Waals surface area contributed by atoms with Crippen molar-refractivity contribution in [1.82, 2.24) is 0 Å². The third-order valence-corrected chi connectivity index (χ3v) is 2.46. The molecule has 0 radical (unpaired) electrons. The summed E-state index contributed by atoms with van der Waals surface area (Å²) in [4.78, 5) is 11.2. The standard InChI is InChI=1S/C10H19NO4/c11-5-1-2-10(13)14-7-9-4-3-8(6-12)15-9/h8-9,12H,1-7,11H2/p+1/t8-,9+/m1/s1. The molecule has 1 fully saturated rings. The molecule has 5 nitrogen and oxygen atoms in total. The molecule has 1 aliphatic rings. The second-order valence-electron chi connectivity index (χ2n) is 3.78. The molecule has 0 aliphatic carbocycles. The molecule has 15 heavy (non-hydrogen) atoms. The van der Waals surface area contributed by atoms with Crippen LogP contribution >= 0.6 is 0 Å². The molecule has 1 saturated heterocycles. The highest BCUT2D eigenvalue weighted by Gasteiger charge is 2.25. The van der Waals surface area contributed by atoms with Crippen molar-refractivity contribution in [3.63, 3.8) is 0 Å². The van der Waals surface area contributed by atoms with E-state index in [9.17, 15) is 4.79 Å². The lowest BCUT2D eigenvalue weighted by Gasteiger charge is -2.12. The number of carbonyl (C=O) groups is 1. The summed E-state index contributed by atoms with van der Waals surface area (Å²) in [7, 11) is 0. The highest BCUT2D eigenvalue weighted by Crippen LogP contribution is 2.19. The Bertz CT molecular complexity index is 198. The highest BCUT2D eigenvalue weighted by atomic mass is 16.6. The van der Waals surface area contributed by atoms with Crippen LogP contribution in [0.3, 0.4) is 0 Å². The van der Waals surface area contributed by atoms with Gasteiger partial charge in [-0.2, -0.15) is 0 Å². The SMILES string of the molecule is [NH3+]CCCC(=O)OC[C@@H]1CC[C@H](CO)O1. The van der Waals surface area contributed by atoms with Crippen molar-refractivity contribution >= 4 is 5.97 Å². The van der Waals surface area contributed by atoms with Crippen molar-refractivity contribution in [2.75, 3.05) is 19.8 Å². The Kier molecular flexibility index (Phi) is 5.60. The van der Waals surface area contributed by atoms with Gasteiger partial charge < -0.3 is 20.3 Å². The van der Waals surface area contributed by atoms with Gasteiger partial charge in [0.2, 0.25) is 0 Å². The zero-order valence-electron chi connectivity index (χ0n) is 8.98. The monoisotopic (exact) mass is 218 g/mol. The number of quaternary nitrogens is 1. The van der Waals surface area contributed by atoms with Gasteiger partial charge in [0.05, 0.1) is 31.8 Å². The lowest BCUT2D eigenvalue weighted by Crippen LogP contribution is -2.50. The average Bonchev–Trinajstić information content (AvgIpc) is 2.71. The van der Waals surface area contributed by atoms with Gasteiger partial charge in [-0.25, -0.2) is 0 Å². The average molecular weight is 218 g/mol. The van der Waals surface area contributed by atoms with E-state index < -0.39 is 0 Å². The van der Waals surface area contributed by atoms with Gasteiger partial charge in [0.1, 0.15) is 6.61 Å². The van der Waals surface area contributed by atoms with Gasteiger partial charge in [-0.15, -0.1) is 0 Å². The van der Waals surface area contributed by atoms with Crippen molar-refractivity contribution in [1.29, 1.82) is 0 Å². The maximum atomic E-state index is 11.2. The number of hydrogen-bond acceptors (Lipinski definition) is 4. The van der Waals surface area contributed by atoms with Gasteiger partial charge in [-0.3, -0.25) is 4.79 Å². The molecule has 0 spiro atoms. The summed E-state index contributed by atoms with van der Waals surface area (Å²) in [5, 5.41) is 8.84. The summed E-state index contributed by atoms with van der Waals surface area (Å²) in [5.74, 6) is -0.185. The molecular formula is C10H20NO4+. The number of aliphatic hydroxyl groups excluding tert-OH is 1. The van der Waals surface area contributed by atoms with Crippen LogP contribution in [-0.2, 0) is 14.3 Å². The van der Waals surface area contributed by atoms with E-state index >= 15 is 0 Å². The fraction of sp³-hybridized carbons (Fsp3) is 0.900. The van der Waals surface area contributed by atoms with Crippen LogP contribution in [-0.4, -0.2) is 43.0 Å². The quantitative estimate of drug-likeness (QED) is 0.565. The third-order valence-electron chi connectivity index (χ3n) is 2.46. The maximum absolute atomic E-state index is 11.2. The molecule has 0 aromatic heterocycles. The summed E-state index contributed by atoms with van der Waals surface area (Å²) in [6.07, 6.45) is 2.79. The molecule has 4 N–H and O–H groups in total. The normalized spacial score (nSPS) is 25.5. The van der Waals surface area contributed by atoms with Crippen LogP contribution in [0.15, 0.2) is 0 Å². The zero-order chi connectivity index (χ0) is 11.1. The Labute approximate surface area is 89.5 Å². The maximum Gasteiger partial charge on any atom is 0.306 e. The van der Waals surface area contributed by atoms with E-state index in [0.717, 1.165) is 25.8 Å². The van der Waals surface area contributed by atoms with Crippen LogP contribution in [0.4, 0.5) is 0 Å². The number of carbonyl (C=O) groups excluding carboxylic acids is 1. The number of esters is 1. The van der Waals surface area contributed by atoms with Crippen molar-refractivity contribution in [3.8, 4) is 0 Å². The summed E-state index contributed by atoms with van der Waals surface area (Å²) in [6.45, 7) is 1.11. The Balaban J connectivity index is 2.07. The Hall–Kier alpha value is -0.650. The zero-order valence-corrected chi connectivity index (χ0v) is 8.98. The van der Waals surface area contributed by atoms with Crippen molar-refractivity contribution in [2.45, 2.75) is 37.9 Å². The first kappa shape index (κ1) is 12.4. The van der Waals surface area contributed by atoms with Crippen molar-refractivity contribution in [2.24, 2.45) is 0 Å². The third kappa shape index (κ3) is 4.59. The molecule has 1 rings (SSSR count). The molecule has 1 heterocycles. The van der Waals surface area contributed by atoms with Gasteiger partial charge >= 0.3 is 5.97 Å². The predicted molar refractivity (Wildman–Crippen MR) is 52.9 cm³/mol. The number of ether oxygens (including phenoxy) is 2. The van der Waals surface area contributed by atoms with E-state index in [4.69, 9.17) is 14.6 Å². The van der Waals surface area contributed by atoms with E-state index in [0.29, 0.717) is 13.0 Å². The fourth-order valence-corrected chi connectivity index (χ4v) is 1.56. The largest absolute Gasteiger partial charge is 0.463 e. The van der Waals surface area contributed by atoms with Crippen LogP contribution in [0.5, 0.6) is 0 Å². The number of hydrogen-bond donors (Lipinski definition) is 2. The Morgan fingerprint density at radius 1 is 1.47 bits per heavy atom. The lowest BCUT2D eigenvalue weighted by atomic mass is 10.2. The van der Waals surface area contributed by atoms with Gasteiger partial charge in [0.25, 0.3) is 0 Å². The van der Waals surface area contributed by atoms with E-state index in [-0.39, 0.29) is 24.8 Å². The van der Waals surface area contributed by atoms with E-state index in [1.54, 1.807) is 0 Å². The Morgan fingerprint density at radius 2 is 2.20 bits per heavy atom. The fourth-order valence-electron chi connectivity index (χ4n) is 1.56. The first-order valence-corrected chi connectivity index (χ1v) is 5.47. The summed E-state index contributed by atoms with van der Waals surface area (Å²) in [6, 6.07) is 0. The van der Waals surface area contributed by atoms with Crippen molar-refractivity contribution < 1.29 is 25.1 Å². The molecular weight excluding hydrogens is 198 g/mol.